The van der Waals surface area contributed by atoms with Gasteiger partial charge in [-0.1, -0.05) is 19.9 Å². The number of hydrogen-bond acceptors (Lipinski definition) is 4. The lowest BCUT2D eigenvalue weighted by molar-refractivity contribution is -0.121. The van der Waals surface area contributed by atoms with Crippen molar-refractivity contribution in [3.05, 3.63) is 47.9 Å². The van der Waals surface area contributed by atoms with Crippen LogP contribution in [0.3, 0.4) is 0 Å². The van der Waals surface area contributed by atoms with Gasteiger partial charge in [0.1, 0.15) is 5.76 Å². The molecular formula is C20H29N3O2. The third-order valence-electron chi connectivity index (χ3n) is 4.10. The standard InChI is InChI=1S/C20H29N3O2/c1-3-11-23(12-4-2)19-9-7-16(14-18(19)21)8-10-20(24)22-15-17-6-5-13-25-17/h5-7,9,13-14H,3-4,8,10-12,15,21H2,1-2H3,(H,22,24). The van der Waals surface area contributed by atoms with Gasteiger partial charge in [-0.05, 0) is 49.1 Å². The summed E-state index contributed by atoms with van der Waals surface area (Å²) < 4.78 is 5.20. The first-order valence-electron chi connectivity index (χ1n) is 9.06. The molecule has 136 valence electrons. The number of hydrogen-bond donors (Lipinski definition) is 2. The number of carbonyl (C=O) groups excluding carboxylic acids is 1. The molecule has 0 bridgehead atoms. The molecule has 0 saturated carbocycles. The number of furan rings is 1. The molecule has 5 nitrogen and oxygen atoms in total. The van der Waals surface area contributed by atoms with Crippen molar-refractivity contribution in [2.75, 3.05) is 23.7 Å². The molecule has 0 aliphatic carbocycles. The molecule has 1 aromatic carbocycles. The Balaban J connectivity index is 1.87. The summed E-state index contributed by atoms with van der Waals surface area (Å²) in [6.45, 7) is 6.79. The van der Waals surface area contributed by atoms with Gasteiger partial charge in [0.15, 0.2) is 0 Å². The number of nitrogens with zero attached hydrogens (tertiary/aromatic N) is 1. The number of nitrogen functional groups attached to an aromatic ring is 1. The Bertz CT molecular complexity index is 647. The van der Waals surface area contributed by atoms with Gasteiger partial charge < -0.3 is 20.4 Å². The maximum absolute atomic E-state index is 11.9. The Morgan fingerprint density at radius 3 is 2.56 bits per heavy atom. The lowest BCUT2D eigenvalue weighted by atomic mass is 10.1. The van der Waals surface area contributed by atoms with Gasteiger partial charge in [0.2, 0.25) is 5.91 Å². The fraction of sp³-hybridized carbons (Fsp3) is 0.450. The highest BCUT2D eigenvalue weighted by molar-refractivity contribution is 5.76. The zero-order chi connectivity index (χ0) is 18.1. The van der Waals surface area contributed by atoms with Crippen molar-refractivity contribution in [3.8, 4) is 0 Å². The second-order valence-corrected chi connectivity index (χ2v) is 6.24. The fourth-order valence-electron chi connectivity index (χ4n) is 2.89. The average molecular weight is 343 g/mol. The van der Waals surface area contributed by atoms with Gasteiger partial charge in [-0.2, -0.15) is 0 Å². The van der Waals surface area contributed by atoms with E-state index in [2.05, 4.69) is 36.2 Å². The predicted molar refractivity (Wildman–Crippen MR) is 103 cm³/mol. The summed E-state index contributed by atoms with van der Waals surface area (Å²) in [5, 5.41) is 2.86. The van der Waals surface area contributed by atoms with Crippen LogP contribution in [0.5, 0.6) is 0 Å². The van der Waals surface area contributed by atoms with E-state index < -0.39 is 0 Å². The summed E-state index contributed by atoms with van der Waals surface area (Å²) in [6.07, 6.45) is 4.91. The van der Waals surface area contributed by atoms with Crippen LogP contribution in [-0.2, 0) is 17.8 Å². The van der Waals surface area contributed by atoms with E-state index in [-0.39, 0.29) is 5.91 Å². The second kappa shape index (κ2) is 9.77. The monoisotopic (exact) mass is 343 g/mol. The Labute approximate surface area is 150 Å². The molecule has 3 N–H and O–H groups in total. The van der Waals surface area contributed by atoms with E-state index in [1.165, 1.54) is 0 Å². The van der Waals surface area contributed by atoms with E-state index in [0.29, 0.717) is 19.4 Å². The summed E-state index contributed by atoms with van der Waals surface area (Å²) in [4.78, 5) is 14.3. The van der Waals surface area contributed by atoms with Gasteiger partial charge in [-0.25, -0.2) is 0 Å². The van der Waals surface area contributed by atoms with Gasteiger partial charge in [0.05, 0.1) is 24.2 Å². The number of nitrogens with two attached hydrogens (primary N) is 1. The van der Waals surface area contributed by atoms with Crippen molar-refractivity contribution in [2.45, 2.75) is 46.1 Å². The summed E-state index contributed by atoms with van der Waals surface area (Å²) in [6, 6.07) is 9.80. The Kier molecular flexibility index (Phi) is 7.38. The largest absolute Gasteiger partial charge is 0.467 e. The van der Waals surface area contributed by atoms with E-state index in [1.54, 1.807) is 6.26 Å². The van der Waals surface area contributed by atoms with Crippen LogP contribution in [0.25, 0.3) is 0 Å². The molecule has 2 rings (SSSR count). The molecule has 0 aliphatic heterocycles. The zero-order valence-electron chi connectivity index (χ0n) is 15.3. The average Bonchev–Trinajstić information content (AvgIpc) is 3.12. The lowest BCUT2D eigenvalue weighted by Crippen LogP contribution is -2.25. The van der Waals surface area contributed by atoms with Crippen LogP contribution in [0.2, 0.25) is 0 Å². The van der Waals surface area contributed by atoms with Crippen LogP contribution >= 0.6 is 0 Å². The molecule has 2 aromatic rings. The molecule has 0 spiro atoms. The first kappa shape index (κ1) is 18.9. The number of anilines is 2. The van der Waals surface area contributed by atoms with Gasteiger partial charge in [0.25, 0.3) is 0 Å². The smallest absolute Gasteiger partial charge is 0.220 e. The van der Waals surface area contributed by atoms with Crippen LogP contribution < -0.4 is 16.0 Å². The quantitative estimate of drug-likeness (QED) is 0.645. The van der Waals surface area contributed by atoms with Crippen molar-refractivity contribution in [3.63, 3.8) is 0 Å². The third kappa shape index (κ3) is 5.85. The molecule has 0 radical (unpaired) electrons. The van der Waals surface area contributed by atoms with Crippen molar-refractivity contribution in [1.82, 2.24) is 5.32 Å². The molecule has 0 fully saturated rings. The first-order chi connectivity index (χ1) is 12.1. The highest BCUT2D eigenvalue weighted by Gasteiger charge is 2.10. The fourth-order valence-corrected chi connectivity index (χ4v) is 2.89. The molecule has 0 unspecified atom stereocenters. The maximum Gasteiger partial charge on any atom is 0.220 e. The molecule has 1 amide bonds. The summed E-state index contributed by atoms with van der Waals surface area (Å²) in [5.41, 5.74) is 9.22. The summed E-state index contributed by atoms with van der Waals surface area (Å²) >= 11 is 0. The van der Waals surface area contributed by atoms with Gasteiger partial charge in [-0.15, -0.1) is 0 Å². The maximum atomic E-state index is 11.9. The van der Waals surface area contributed by atoms with E-state index in [4.69, 9.17) is 10.2 Å². The number of aryl methyl sites for hydroxylation is 1. The molecule has 5 heteroatoms. The van der Waals surface area contributed by atoms with E-state index in [9.17, 15) is 4.79 Å². The van der Waals surface area contributed by atoms with Crippen molar-refractivity contribution in [2.24, 2.45) is 0 Å². The number of benzene rings is 1. The van der Waals surface area contributed by atoms with Crippen LogP contribution in [-0.4, -0.2) is 19.0 Å². The van der Waals surface area contributed by atoms with E-state index in [1.807, 2.05) is 18.2 Å². The second-order valence-electron chi connectivity index (χ2n) is 6.24. The number of carbonyl (C=O) groups is 1. The normalized spacial score (nSPS) is 10.6. The highest BCUT2D eigenvalue weighted by atomic mass is 16.3. The van der Waals surface area contributed by atoms with Gasteiger partial charge in [-0.3, -0.25) is 4.79 Å². The first-order valence-corrected chi connectivity index (χ1v) is 9.06. The molecule has 0 atom stereocenters. The molecular weight excluding hydrogens is 314 g/mol. The van der Waals surface area contributed by atoms with E-state index >= 15 is 0 Å². The Hall–Kier alpha value is -2.43. The predicted octanol–water partition coefficient (Wildman–Crippen LogP) is 3.74. The molecule has 0 saturated heterocycles. The van der Waals surface area contributed by atoms with Gasteiger partial charge in [0, 0.05) is 19.5 Å². The van der Waals surface area contributed by atoms with Crippen LogP contribution in [0.4, 0.5) is 11.4 Å². The molecule has 1 heterocycles. The Morgan fingerprint density at radius 2 is 1.96 bits per heavy atom. The number of amides is 1. The van der Waals surface area contributed by atoms with Crippen molar-refractivity contribution < 1.29 is 9.21 Å². The Morgan fingerprint density at radius 1 is 1.20 bits per heavy atom. The molecule has 0 aliphatic rings. The van der Waals surface area contributed by atoms with Crippen LogP contribution in [0, 0.1) is 0 Å². The SMILES string of the molecule is CCCN(CCC)c1ccc(CCC(=O)NCc2ccco2)cc1N. The summed E-state index contributed by atoms with van der Waals surface area (Å²) in [7, 11) is 0. The summed E-state index contributed by atoms with van der Waals surface area (Å²) in [5.74, 6) is 0.770. The molecule has 1 aromatic heterocycles. The number of nitrogens with one attached hydrogen (secondary N) is 1. The van der Waals surface area contributed by atoms with Crippen LogP contribution in [0.1, 0.15) is 44.4 Å². The number of rotatable bonds is 10. The zero-order valence-corrected chi connectivity index (χ0v) is 15.3. The minimum absolute atomic E-state index is 0.0117. The minimum Gasteiger partial charge on any atom is -0.467 e. The third-order valence-corrected chi connectivity index (χ3v) is 4.10. The highest BCUT2D eigenvalue weighted by Crippen LogP contribution is 2.25. The van der Waals surface area contributed by atoms with Crippen LogP contribution in [0.15, 0.2) is 41.0 Å². The lowest BCUT2D eigenvalue weighted by Gasteiger charge is -2.25. The van der Waals surface area contributed by atoms with E-state index in [0.717, 1.165) is 48.6 Å². The molecule has 25 heavy (non-hydrogen) atoms. The van der Waals surface area contributed by atoms with Crippen molar-refractivity contribution in [1.29, 1.82) is 0 Å². The topological polar surface area (TPSA) is 71.5 Å². The van der Waals surface area contributed by atoms with Gasteiger partial charge >= 0.3 is 0 Å². The van der Waals surface area contributed by atoms with Crippen molar-refractivity contribution >= 4 is 17.3 Å². The minimum atomic E-state index is 0.0117.